The van der Waals surface area contributed by atoms with Crippen molar-refractivity contribution in [1.29, 1.82) is 0 Å². The van der Waals surface area contributed by atoms with E-state index in [4.69, 9.17) is 4.74 Å². The summed E-state index contributed by atoms with van der Waals surface area (Å²) in [4.78, 5) is 11.9. The molecule has 1 fully saturated rings. The Hall–Kier alpha value is -1.51. The lowest BCUT2D eigenvalue weighted by molar-refractivity contribution is 0.0934. The molecule has 3 heteroatoms. The van der Waals surface area contributed by atoms with Crippen molar-refractivity contribution in [2.24, 2.45) is 0 Å². The lowest BCUT2D eigenvalue weighted by Crippen LogP contribution is -2.20. The van der Waals surface area contributed by atoms with Gasteiger partial charge in [-0.25, -0.2) is 0 Å². The van der Waals surface area contributed by atoms with Gasteiger partial charge in [0.1, 0.15) is 0 Å². The summed E-state index contributed by atoms with van der Waals surface area (Å²) in [6, 6.07) is 4.57. The van der Waals surface area contributed by atoms with Gasteiger partial charge in [-0.2, -0.15) is 0 Å². The monoisotopic (exact) mass is 245 g/mol. The number of anilines is 1. The molecule has 1 aliphatic heterocycles. The number of rotatable bonds is 2. The highest BCUT2D eigenvalue weighted by Gasteiger charge is 2.24. The van der Waals surface area contributed by atoms with Crippen LogP contribution in [0.25, 0.3) is 0 Å². The zero-order valence-electron chi connectivity index (χ0n) is 10.8. The highest BCUT2D eigenvalue weighted by atomic mass is 16.5. The molecule has 3 nitrogen and oxygen atoms in total. The number of nitrogens with one attached hydrogen (secondary N) is 1. The van der Waals surface area contributed by atoms with Crippen LogP contribution in [0.5, 0.6) is 5.75 Å². The molecule has 18 heavy (non-hydrogen) atoms. The Labute approximate surface area is 108 Å². The van der Waals surface area contributed by atoms with E-state index >= 15 is 0 Å². The quantitative estimate of drug-likeness (QED) is 0.868. The van der Waals surface area contributed by atoms with E-state index in [2.05, 4.69) is 11.4 Å². The van der Waals surface area contributed by atoms with Gasteiger partial charge in [-0.05, 0) is 37.5 Å². The molecule has 1 N–H and O–H groups in total. The molecule has 0 radical (unpaired) electrons. The molecule has 3 rings (SSSR count). The second-order valence-electron chi connectivity index (χ2n) is 5.34. The van der Waals surface area contributed by atoms with Gasteiger partial charge in [-0.3, -0.25) is 4.79 Å². The minimum atomic E-state index is 0.203. The van der Waals surface area contributed by atoms with Crippen molar-refractivity contribution in [3.8, 4) is 5.75 Å². The predicted molar refractivity (Wildman–Crippen MR) is 71.5 cm³/mol. The summed E-state index contributed by atoms with van der Waals surface area (Å²) in [7, 11) is 0. The van der Waals surface area contributed by atoms with Crippen LogP contribution in [0.1, 0.15) is 48.0 Å². The van der Waals surface area contributed by atoms with Crippen molar-refractivity contribution in [2.45, 2.75) is 45.1 Å². The lowest BCUT2D eigenvalue weighted by Gasteiger charge is -2.23. The maximum absolute atomic E-state index is 11.9. The smallest absolute Gasteiger partial charge is 0.170 e. The van der Waals surface area contributed by atoms with Gasteiger partial charge in [0.25, 0.3) is 0 Å². The number of fused-ring (bicyclic) bond motifs is 1. The van der Waals surface area contributed by atoms with E-state index in [-0.39, 0.29) is 5.78 Å². The molecule has 0 spiro atoms. The van der Waals surface area contributed by atoms with Gasteiger partial charge in [-0.15, -0.1) is 0 Å². The molecule has 0 saturated heterocycles. The van der Waals surface area contributed by atoms with Crippen molar-refractivity contribution >= 4 is 11.5 Å². The third-order valence-electron chi connectivity index (χ3n) is 3.82. The topological polar surface area (TPSA) is 38.3 Å². The molecule has 1 heterocycles. The molecule has 1 aliphatic carbocycles. The fraction of sp³-hybridized carbons (Fsp3) is 0.533. The molecule has 0 amide bonds. The van der Waals surface area contributed by atoms with Gasteiger partial charge in [0.15, 0.2) is 11.5 Å². The number of Topliss-reactive ketones (excluding diaryl/α,β-unsaturated/α-hetero) is 1. The molecule has 0 aromatic heterocycles. The molecule has 1 saturated carbocycles. The summed E-state index contributed by atoms with van der Waals surface area (Å²) in [5.74, 6) is 0.971. The van der Waals surface area contributed by atoms with E-state index < -0.39 is 0 Å². The normalized spacial score (nSPS) is 19.5. The molecule has 1 aromatic carbocycles. The Morgan fingerprint density at radius 1 is 1.28 bits per heavy atom. The SMILES string of the molecule is Cc1cc(NC2CCCC2)c2c(c1)C(=O)CCO2. The summed E-state index contributed by atoms with van der Waals surface area (Å²) >= 11 is 0. The molecular weight excluding hydrogens is 226 g/mol. The largest absolute Gasteiger partial charge is 0.490 e. The van der Waals surface area contributed by atoms with Crippen LogP contribution in [0.3, 0.4) is 0 Å². The highest BCUT2D eigenvalue weighted by Crippen LogP contribution is 2.36. The zero-order chi connectivity index (χ0) is 12.5. The van der Waals surface area contributed by atoms with E-state index in [0.717, 1.165) is 22.6 Å². The molecule has 0 atom stereocenters. The van der Waals surface area contributed by atoms with Crippen molar-refractivity contribution in [3.05, 3.63) is 23.3 Å². The van der Waals surface area contributed by atoms with Crippen LogP contribution in [0.15, 0.2) is 12.1 Å². The maximum Gasteiger partial charge on any atom is 0.170 e. The van der Waals surface area contributed by atoms with Crippen LogP contribution in [0.4, 0.5) is 5.69 Å². The second kappa shape index (κ2) is 4.63. The van der Waals surface area contributed by atoms with Gasteiger partial charge >= 0.3 is 0 Å². The van der Waals surface area contributed by atoms with Crippen LogP contribution in [-0.2, 0) is 0 Å². The van der Waals surface area contributed by atoms with Crippen molar-refractivity contribution in [3.63, 3.8) is 0 Å². The van der Waals surface area contributed by atoms with E-state index in [0.29, 0.717) is 19.1 Å². The second-order valence-corrected chi connectivity index (χ2v) is 5.34. The minimum Gasteiger partial charge on any atom is -0.490 e. The first-order valence-electron chi connectivity index (χ1n) is 6.81. The van der Waals surface area contributed by atoms with E-state index in [1.807, 2.05) is 13.0 Å². The Balaban J connectivity index is 1.94. The molecule has 96 valence electrons. The van der Waals surface area contributed by atoms with Gasteiger partial charge in [0, 0.05) is 12.5 Å². The summed E-state index contributed by atoms with van der Waals surface area (Å²) in [5.41, 5.74) is 2.87. The fourth-order valence-corrected chi connectivity index (χ4v) is 2.91. The van der Waals surface area contributed by atoms with Crippen molar-refractivity contribution in [2.75, 3.05) is 11.9 Å². The van der Waals surface area contributed by atoms with Gasteiger partial charge < -0.3 is 10.1 Å². The van der Waals surface area contributed by atoms with Gasteiger partial charge in [0.05, 0.1) is 17.9 Å². The van der Waals surface area contributed by atoms with Gasteiger partial charge in [-0.1, -0.05) is 12.8 Å². The van der Waals surface area contributed by atoms with Crippen LogP contribution >= 0.6 is 0 Å². The average molecular weight is 245 g/mol. The van der Waals surface area contributed by atoms with Gasteiger partial charge in [0.2, 0.25) is 0 Å². The summed E-state index contributed by atoms with van der Waals surface area (Å²) in [6.45, 7) is 2.54. The van der Waals surface area contributed by atoms with Crippen LogP contribution in [0, 0.1) is 6.92 Å². The molecule has 2 aliphatic rings. The number of ether oxygens (including phenoxy) is 1. The number of ketones is 1. The summed E-state index contributed by atoms with van der Waals surface area (Å²) < 4.78 is 5.71. The first-order chi connectivity index (χ1) is 8.74. The fourth-order valence-electron chi connectivity index (χ4n) is 2.91. The maximum atomic E-state index is 11.9. The first-order valence-corrected chi connectivity index (χ1v) is 6.81. The first kappa shape index (κ1) is 11.6. The Kier molecular flexibility index (Phi) is 2.98. The predicted octanol–water partition coefficient (Wildman–Crippen LogP) is 3.31. The lowest BCUT2D eigenvalue weighted by atomic mass is 10.0. The molecule has 1 aromatic rings. The Morgan fingerprint density at radius 2 is 2.06 bits per heavy atom. The summed E-state index contributed by atoms with van der Waals surface area (Å²) in [5, 5.41) is 3.55. The number of carbonyl (C=O) groups is 1. The molecule has 0 unspecified atom stereocenters. The Bertz CT molecular complexity index is 476. The van der Waals surface area contributed by atoms with Crippen molar-refractivity contribution in [1.82, 2.24) is 0 Å². The summed E-state index contributed by atoms with van der Waals surface area (Å²) in [6.07, 6.45) is 5.53. The van der Waals surface area contributed by atoms with E-state index in [1.54, 1.807) is 0 Å². The third kappa shape index (κ3) is 2.09. The Morgan fingerprint density at radius 3 is 2.83 bits per heavy atom. The van der Waals surface area contributed by atoms with Crippen LogP contribution in [0.2, 0.25) is 0 Å². The van der Waals surface area contributed by atoms with Crippen LogP contribution < -0.4 is 10.1 Å². The zero-order valence-corrected chi connectivity index (χ0v) is 10.8. The molecular formula is C15H19NO2. The van der Waals surface area contributed by atoms with Crippen molar-refractivity contribution < 1.29 is 9.53 Å². The number of hydrogen-bond donors (Lipinski definition) is 1. The van der Waals surface area contributed by atoms with E-state index in [1.165, 1.54) is 25.7 Å². The highest BCUT2D eigenvalue weighted by molar-refractivity contribution is 6.01. The number of benzene rings is 1. The molecule has 0 bridgehead atoms. The van der Waals surface area contributed by atoms with E-state index in [9.17, 15) is 4.79 Å². The number of carbonyl (C=O) groups excluding carboxylic acids is 1. The number of aryl methyl sites for hydroxylation is 1. The third-order valence-corrected chi connectivity index (χ3v) is 3.82. The minimum absolute atomic E-state index is 0.203. The standard InChI is InChI=1S/C15H19NO2/c1-10-8-12-14(17)6-7-18-15(12)13(9-10)16-11-4-2-3-5-11/h8-9,11,16H,2-7H2,1H3. The number of hydrogen-bond acceptors (Lipinski definition) is 3. The van der Waals surface area contributed by atoms with Crippen LogP contribution in [-0.4, -0.2) is 18.4 Å². The average Bonchev–Trinajstić information content (AvgIpc) is 2.83.